The van der Waals surface area contributed by atoms with Gasteiger partial charge in [0.25, 0.3) is 0 Å². The van der Waals surface area contributed by atoms with E-state index in [1.807, 2.05) is 0 Å². The lowest BCUT2D eigenvalue weighted by atomic mass is 9.66. The number of nitrogens with zero attached hydrogens (tertiary/aromatic N) is 2. The molecule has 2 nitrogen and oxygen atoms in total. The van der Waals surface area contributed by atoms with Gasteiger partial charge in [-0.15, -0.1) is 0 Å². The van der Waals surface area contributed by atoms with Gasteiger partial charge >= 0.3 is 0 Å². The third-order valence-corrected chi connectivity index (χ3v) is 10.8. The van der Waals surface area contributed by atoms with Gasteiger partial charge in [-0.3, -0.25) is 0 Å². The van der Waals surface area contributed by atoms with Gasteiger partial charge in [0.2, 0.25) is 0 Å². The molecule has 0 unspecified atom stereocenters. The smallest absolute Gasteiger partial charge is 0.0543 e. The van der Waals surface area contributed by atoms with Gasteiger partial charge in [-0.2, -0.15) is 0 Å². The molecular formula is C46H38N2. The molecule has 0 bridgehead atoms. The van der Waals surface area contributed by atoms with E-state index in [9.17, 15) is 0 Å². The second kappa shape index (κ2) is 10.5. The Kier molecular flexibility index (Phi) is 6.23. The molecule has 48 heavy (non-hydrogen) atoms. The van der Waals surface area contributed by atoms with E-state index < -0.39 is 0 Å². The lowest BCUT2D eigenvalue weighted by Gasteiger charge is -2.49. The number of para-hydroxylation sites is 4. The highest BCUT2D eigenvalue weighted by Crippen LogP contribution is 2.60. The molecule has 2 heteroatoms. The Balaban J connectivity index is 1.24. The summed E-state index contributed by atoms with van der Waals surface area (Å²) >= 11 is 0. The first-order chi connectivity index (χ1) is 23.4. The molecule has 232 valence electrons. The van der Waals surface area contributed by atoms with Crippen LogP contribution in [0.4, 0.5) is 34.1 Å². The van der Waals surface area contributed by atoms with E-state index in [1.165, 1.54) is 66.9 Å². The second-order valence-electron chi connectivity index (χ2n) is 14.2. The van der Waals surface area contributed by atoms with Crippen LogP contribution in [0.25, 0.3) is 21.9 Å². The number of anilines is 6. The van der Waals surface area contributed by atoms with Crippen molar-refractivity contribution in [2.24, 2.45) is 0 Å². The fourth-order valence-electron chi connectivity index (χ4n) is 8.36. The lowest BCUT2D eigenvalue weighted by molar-refractivity contribution is 0.597. The van der Waals surface area contributed by atoms with E-state index in [-0.39, 0.29) is 10.8 Å². The molecule has 0 atom stereocenters. The zero-order chi connectivity index (χ0) is 32.6. The van der Waals surface area contributed by atoms with Gasteiger partial charge in [-0.1, -0.05) is 137 Å². The third kappa shape index (κ3) is 4.05. The first-order valence-electron chi connectivity index (χ1n) is 17.0. The van der Waals surface area contributed by atoms with Crippen LogP contribution in [0.5, 0.6) is 0 Å². The van der Waals surface area contributed by atoms with E-state index in [1.54, 1.807) is 0 Å². The fraction of sp³-hybridized carbons (Fsp3) is 0.130. The maximum absolute atomic E-state index is 2.54. The molecule has 0 saturated heterocycles. The Bertz CT molecular complexity index is 2310. The monoisotopic (exact) mass is 618 g/mol. The number of hydrogen-bond acceptors (Lipinski definition) is 2. The van der Waals surface area contributed by atoms with Crippen molar-refractivity contribution in [3.05, 3.63) is 180 Å². The Morgan fingerprint density at radius 2 is 0.979 bits per heavy atom. The number of benzene rings is 7. The largest absolute Gasteiger partial charge is 0.310 e. The zero-order valence-electron chi connectivity index (χ0n) is 27.9. The molecule has 0 saturated carbocycles. The Hall–Kier alpha value is -5.60. The normalized spacial score (nSPS) is 15.0. The molecular weight excluding hydrogens is 581 g/mol. The zero-order valence-corrected chi connectivity index (χ0v) is 27.9. The molecule has 0 spiro atoms. The van der Waals surface area contributed by atoms with Gasteiger partial charge in [0.1, 0.15) is 0 Å². The van der Waals surface area contributed by atoms with Gasteiger partial charge in [0.05, 0.1) is 22.7 Å². The summed E-state index contributed by atoms with van der Waals surface area (Å²) in [5, 5.41) is 2.47. The average Bonchev–Trinajstić information content (AvgIpc) is 3.12. The highest BCUT2D eigenvalue weighted by molar-refractivity contribution is 6.06. The lowest BCUT2D eigenvalue weighted by Crippen LogP contribution is -2.38. The summed E-state index contributed by atoms with van der Waals surface area (Å²) in [5.74, 6) is 0. The van der Waals surface area contributed by atoms with Crippen LogP contribution < -0.4 is 9.80 Å². The summed E-state index contributed by atoms with van der Waals surface area (Å²) in [6.45, 7) is 9.54. The van der Waals surface area contributed by atoms with Crippen LogP contribution in [0, 0.1) is 0 Å². The molecule has 0 radical (unpaired) electrons. The van der Waals surface area contributed by atoms with Crippen LogP contribution in [-0.4, -0.2) is 0 Å². The molecule has 2 aliphatic rings. The van der Waals surface area contributed by atoms with Gasteiger partial charge in [0, 0.05) is 27.6 Å². The van der Waals surface area contributed by atoms with Crippen LogP contribution in [0.2, 0.25) is 0 Å². The summed E-state index contributed by atoms with van der Waals surface area (Å²) in [6, 6.07) is 57.9. The van der Waals surface area contributed by atoms with Crippen molar-refractivity contribution >= 4 is 44.9 Å². The van der Waals surface area contributed by atoms with Crippen molar-refractivity contribution < 1.29 is 0 Å². The van der Waals surface area contributed by atoms with Crippen molar-refractivity contribution in [1.82, 2.24) is 0 Å². The topological polar surface area (TPSA) is 6.48 Å². The minimum absolute atomic E-state index is 0.0833. The van der Waals surface area contributed by atoms with E-state index in [0.29, 0.717) is 0 Å². The van der Waals surface area contributed by atoms with Crippen LogP contribution in [0.15, 0.2) is 158 Å². The number of rotatable bonds is 4. The highest BCUT2D eigenvalue weighted by atomic mass is 15.2. The van der Waals surface area contributed by atoms with Crippen LogP contribution in [-0.2, 0) is 10.8 Å². The van der Waals surface area contributed by atoms with Crippen LogP contribution in [0.1, 0.15) is 49.9 Å². The van der Waals surface area contributed by atoms with Crippen molar-refractivity contribution in [2.45, 2.75) is 38.5 Å². The molecule has 2 aliphatic heterocycles. The molecule has 0 N–H and O–H groups in total. The number of hydrogen-bond donors (Lipinski definition) is 0. The molecule has 2 heterocycles. The van der Waals surface area contributed by atoms with E-state index in [2.05, 4.69) is 195 Å². The van der Waals surface area contributed by atoms with Crippen molar-refractivity contribution in [3.63, 3.8) is 0 Å². The second-order valence-corrected chi connectivity index (χ2v) is 14.2. The van der Waals surface area contributed by atoms with E-state index in [0.717, 1.165) is 11.4 Å². The summed E-state index contributed by atoms with van der Waals surface area (Å²) < 4.78 is 0. The van der Waals surface area contributed by atoms with E-state index >= 15 is 0 Å². The predicted octanol–water partition coefficient (Wildman–Crippen LogP) is 12.7. The third-order valence-electron chi connectivity index (χ3n) is 10.8. The fourth-order valence-corrected chi connectivity index (χ4v) is 8.36. The molecule has 0 aromatic heterocycles. The first kappa shape index (κ1) is 28.6. The van der Waals surface area contributed by atoms with Gasteiger partial charge in [-0.25, -0.2) is 0 Å². The van der Waals surface area contributed by atoms with Crippen LogP contribution >= 0.6 is 0 Å². The van der Waals surface area contributed by atoms with Gasteiger partial charge in [-0.05, 0) is 87.3 Å². The Morgan fingerprint density at radius 3 is 1.67 bits per heavy atom. The van der Waals surface area contributed by atoms with Gasteiger partial charge in [0.15, 0.2) is 0 Å². The number of fused-ring (bicyclic) bond motifs is 5. The standard InChI is InChI=1S/C46H38N2/c1-45(2)37-22-13-14-25-42(37)48-43-28-26-31(30-40(43)46(3,4)39-24-15-23-38(45)44(39)48)34-27-29-41(36-21-12-11-20-35(34)36)47(32-16-7-5-8-17-32)33-18-9-6-10-19-33/h5-30H,1-4H3. The molecule has 7 aromatic carbocycles. The van der Waals surface area contributed by atoms with Crippen LogP contribution in [0.3, 0.4) is 0 Å². The maximum atomic E-state index is 2.54. The summed E-state index contributed by atoms with van der Waals surface area (Å²) in [4.78, 5) is 4.90. The quantitative estimate of drug-likeness (QED) is 0.194. The molecule has 0 fully saturated rings. The average molecular weight is 619 g/mol. The van der Waals surface area contributed by atoms with Crippen molar-refractivity contribution in [1.29, 1.82) is 0 Å². The summed E-state index contributed by atoms with van der Waals surface area (Å²) in [6.07, 6.45) is 0. The Labute approximate surface area is 283 Å². The Morgan fingerprint density at radius 1 is 0.438 bits per heavy atom. The minimum atomic E-state index is -0.178. The maximum Gasteiger partial charge on any atom is 0.0543 e. The van der Waals surface area contributed by atoms with Gasteiger partial charge < -0.3 is 9.80 Å². The molecule has 0 aliphatic carbocycles. The molecule has 0 amide bonds. The summed E-state index contributed by atoms with van der Waals surface area (Å²) in [7, 11) is 0. The molecule has 9 rings (SSSR count). The molecule has 7 aromatic rings. The SMILES string of the molecule is CC1(C)c2ccccc2N2c3ccc(-c4ccc(N(c5ccccc5)c5ccccc5)c5ccccc45)cc3C(C)(C)c3cccc1c32. The highest BCUT2D eigenvalue weighted by Gasteiger charge is 2.45. The minimum Gasteiger partial charge on any atom is -0.310 e. The summed E-state index contributed by atoms with van der Waals surface area (Å²) in [5.41, 5.74) is 15.1. The first-order valence-corrected chi connectivity index (χ1v) is 17.0. The predicted molar refractivity (Wildman–Crippen MR) is 203 cm³/mol. The van der Waals surface area contributed by atoms with Crippen molar-refractivity contribution in [2.75, 3.05) is 9.80 Å². The van der Waals surface area contributed by atoms with Crippen molar-refractivity contribution in [3.8, 4) is 11.1 Å². The van der Waals surface area contributed by atoms with E-state index in [4.69, 9.17) is 0 Å².